The predicted octanol–water partition coefficient (Wildman–Crippen LogP) is 2.37. The van der Waals surface area contributed by atoms with E-state index in [4.69, 9.17) is 0 Å². The first kappa shape index (κ1) is 10.3. The fourth-order valence-electron chi connectivity index (χ4n) is 3.49. The average Bonchev–Trinajstić information content (AvgIpc) is 2.36. The Kier molecular flexibility index (Phi) is 2.49. The Hall–Kier alpha value is -0.860. The highest BCUT2D eigenvalue weighted by Gasteiger charge is 2.41. The summed E-state index contributed by atoms with van der Waals surface area (Å²) in [6, 6.07) is 8.05. The van der Waals surface area contributed by atoms with Gasteiger partial charge in [-0.1, -0.05) is 37.1 Å². The highest BCUT2D eigenvalue weighted by molar-refractivity contribution is 5.36. The van der Waals surface area contributed by atoms with Crippen LogP contribution in [-0.4, -0.2) is 16.3 Å². The van der Waals surface area contributed by atoms with E-state index in [-0.39, 0.29) is 5.92 Å². The van der Waals surface area contributed by atoms with Crippen LogP contribution in [0.3, 0.4) is 0 Å². The van der Waals surface area contributed by atoms with E-state index in [0.717, 1.165) is 18.4 Å². The molecule has 0 unspecified atom stereocenters. The van der Waals surface area contributed by atoms with Crippen molar-refractivity contribution in [3.05, 3.63) is 35.4 Å². The Bertz CT molecular complexity index is 388. The van der Waals surface area contributed by atoms with Gasteiger partial charge in [0.15, 0.2) is 0 Å². The third kappa shape index (κ3) is 1.40. The lowest BCUT2D eigenvalue weighted by Crippen LogP contribution is -2.39. The van der Waals surface area contributed by atoms with Crippen molar-refractivity contribution in [2.24, 2.45) is 5.92 Å². The predicted molar refractivity (Wildman–Crippen MR) is 62.1 cm³/mol. The molecule has 0 spiro atoms. The van der Waals surface area contributed by atoms with Gasteiger partial charge in [-0.15, -0.1) is 0 Å². The first-order chi connectivity index (χ1) is 7.79. The normalized spacial score (nSPS) is 37.6. The van der Waals surface area contributed by atoms with Crippen LogP contribution in [0.15, 0.2) is 24.3 Å². The summed E-state index contributed by atoms with van der Waals surface area (Å²) in [6.45, 7) is 0. The summed E-state index contributed by atoms with van der Waals surface area (Å²) in [5.74, 6) is 0.724. The van der Waals surface area contributed by atoms with Gasteiger partial charge < -0.3 is 10.2 Å². The summed E-state index contributed by atoms with van der Waals surface area (Å²) in [5, 5.41) is 20.3. The van der Waals surface area contributed by atoms with Crippen LogP contribution in [0.5, 0.6) is 0 Å². The van der Waals surface area contributed by atoms with E-state index in [2.05, 4.69) is 6.07 Å². The Labute approximate surface area is 95.9 Å². The molecule has 0 amide bonds. The summed E-state index contributed by atoms with van der Waals surface area (Å²) in [6.07, 6.45) is 3.39. The first-order valence-electron chi connectivity index (χ1n) is 6.24. The lowest BCUT2D eigenvalue weighted by molar-refractivity contribution is -0.0465. The minimum absolute atomic E-state index is 0.263. The Balaban J connectivity index is 2.07. The minimum atomic E-state index is -0.685. The molecule has 0 heterocycles. The van der Waals surface area contributed by atoms with Crippen LogP contribution in [0.4, 0.5) is 0 Å². The number of aliphatic hydroxyl groups is 2. The topological polar surface area (TPSA) is 40.5 Å². The quantitative estimate of drug-likeness (QED) is 0.702. The molecule has 1 aromatic rings. The van der Waals surface area contributed by atoms with Crippen LogP contribution in [-0.2, 0) is 0 Å². The van der Waals surface area contributed by atoms with Crippen molar-refractivity contribution >= 4 is 0 Å². The van der Waals surface area contributed by atoms with Gasteiger partial charge in [0.1, 0.15) is 6.10 Å². The van der Waals surface area contributed by atoms with Crippen LogP contribution in [0.25, 0.3) is 0 Å². The zero-order valence-corrected chi connectivity index (χ0v) is 9.34. The van der Waals surface area contributed by atoms with Gasteiger partial charge in [0.05, 0.1) is 6.10 Å². The minimum Gasteiger partial charge on any atom is -0.390 e. The molecule has 0 radical (unpaired) electrons. The Morgan fingerprint density at radius 3 is 2.44 bits per heavy atom. The molecule has 2 N–H and O–H groups in total. The summed E-state index contributed by atoms with van der Waals surface area (Å²) in [4.78, 5) is 0. The maximum atomic E-state index is 10.2. The van der Waals surface area contributed by atoms with E-state index in [1.165, 1.54) is 18.4 Å². The van der Waals surface area contributed by atoms with E-state index in [1.807, 2.05) is 18.2 Å². The molecule has 3 rings (SSSR count). The third-order valence-electron chi connectivity index (χ3n) is 4.30. The second-order valence-electron chi connectivity index (χ2n) is 5.12. The number of aliphatic hydroxyl groups excluding tert-OH is 2. The highest BCUT2D eigenvalue weighted by atomic mass is 16.3. The van der Waals surface area contributed by atoms with E-state index in [1.54, 1.807) is 0 Å². The standard InChI is InChI=1S/C14H18O2/c15-13-11-7-3-1-5-9(11)10-6-2-4-8-12(10)14(13)16/h1,3,5,7,10,12-16H,2,4,6,8H2/t10-,12+,13-,14-/m0/s1. The molecule has 4 atom stereocenters. The molecule has 2 aliphatic rings. The molecule has 0 aliphatic heterocycles. The third-order valence-corrected chi connectivity index (χ3v) is 4.30. The zero-order valence-electron chi connectivity index (χ0n) is 9.34. The van der Waals surface area contributed by atoms with Crippen LogP contribution in [0.2, 0.25) is 0 Å². The average molecular weight is 218 g/mol. The van der Waals surface area contributed by atoms with Crippen molar-refractivity contribution in [3.63, 3.8) is 0 Å². The maximum Gasteiger partial charge on any atom is 0.105 e. The van der Waals surface area contributed by atoms with Gasteiger partial charge in [0.25, 0.3) is 0 Å². The van der Waals surface area contributed by atoms with Crippen molar-refractivity contribution in [2.45, 2.75) is 43.8 Å². The molecule has 1 aromatic carbocycles. The molecular formula is C14H18O2. The van der Waals surface area contributed by atoms with E-state index in [9.17, 15) is 10.2 Å². The van der Waals surface area contributed by atoms with E-state index in [0.29, 0.717) is 5.92 Å². The molecule has 2 heteroatoms. The number of hydrogen-bond acceptors (Lipinski definition) is 2. The molecule has 0 aromatic heterocycles. The fraction of sp³-hybridized carbons (Fsp3) is 0.571. The zero-order chi connectivity index (χ0) is 11.1. The molecule has 0 bridgehead atoms. The molecule has 1 saturated carbocycles. The molecular weight excluding hydrogens is 200 g/mol. The number of rotatable bonds is 0. The molecule has 2 nitrogen and oxygen atoms in total. The second kappa shape index (κ2) is 3.86. The smallest absolute Gasteiger partial charge is 0.105 e. The second-order valence-corrected chi connectivity index (χ2v) is 5.12. The largest absolute Gasteiger partial charge is 0.390 e. The lowest BCUT2D eigenvalue weighted by atomic mass is 9.66. The van der Waals surface area contributed by atoms with Crippen molar-refractivity contribution in [3.8, 4) is 0 Å². The summed E-state index contributed by atoms with van der Waals surface area (Å²) in [7, 11) is 0. The van der Waals surface area contributed by atoms with Crippen LogP contribution in [0.1, 0.15) is 48.8 Å². The van der Waals surface area contributed by atoms with Crippen molar-refractivity contribution in [2.75, 3.05) is 0 Å². The summed E-state index contributed by atoms with van der Waals surface area (Å²) in [5.41, 5.74) is 2.21. The molecule has 86 valence electrons. The van der Waals surface area contributed by atoms with Crippen LogP contribution in [0, 0.1) is 5.92 Å². The van der Waals surface area contributed by atoms with Gasteiger partial charge in [-0.25, -0.2) is 0 Å². The van der Waals surface area contributed by atoms with Gasteiger partial charge in [0, 0.05) is 0 Å². The monoisotopic (exact) mass is 218 g/mol. The molecule has 16 heavy (non-hydrogen) atoms. The number of hydrogen-bond donors (Lipinski definition) is 2. The number of fused-ring (bicyclic) bond motifs is 3. The maximum absolute atomic E-state index is 10.2. The molecule has 0 saturated heterocycles. The van der Waals surface area contributed by atoms with Gasteiger partial charge in [-0.2, -0.15) is 0 Å². The van der Waals surface area contributed by atoms with Gasteiger partial charge in [-0.05, 0) is 35.8 Å². The van der Waals surface area contributed by atoms with Gasteiger partial charge in [0.2, 0.25) is 0 Å². The van der Waals surface area contributed by atoms with Crippen LogP contribution < -0.4 is 0 Å². The SMILES string of the molecule is O[C@H]1[C@@H]2CCCC[C@H]2c2ccccc2[C@@H]1O. The highest BCUT2D eigenvalue weighted by Crippen LogP contribution is 2.48. The summed E-state index contributed by atoms with van der Waals surface area (Å²) >= 11 is 0. The molecule has 1 fully saturated rings. The number of benzene rings is 1. The van der Waals surface area contributed by atoms with E-state index < -0.39 is 12.2 Å². The Morgan fingerprint density at radius 1 is 0.938 bits per heavy atom. The molecule has 2 aliphatic carbocycles. The fourth-order valence-corrected chi connectivity index (χ4v) is 3.49. The van der Waals surface area contributed by atoms with Crippen molar-refractivity contribution in [1.29, 1.82) is 0 Å². The van der Waals surface area contributed by atoms with Gasteiger partial charge in [-0.3, -0.25) is 0 Å². The van der Waals surface area contributed by atoms with Crippen molar-refractivity contribution < 1.29 is 10.2 Å². The first-order valence-corrected chi connectivity index (χ1v) is 6.24. The lowest BCUT2D eigenvalue weighted by Gasteiger charge is -2.42. The van der Waals surface area contributed by atoms with Gasteiger partial charge >= 0.3 is 0 Å². The van der Waals surface area contributed by atoms with E-state index >= 15 is 0 Å². The summed E-state index contributed by atoms with van der Waals surface area (Å²) < 4.78 is 0. The Morgan fingerprint density at radius 2 is 1.62 bits per heavy atom. The van der Waals surface area contributed by atoms with Crippen LogP contribution >= 0.6 is 0 Å². The van der Waals surface area contributed by atoms with Crippen molar-refractivity contribution in [1.82, 2.24) is 0 Å².